The van der Waals surface area contributed by atoms with Crippen LogP contribution in [0.5, 0.6) is 0 Å². The lowest BCUT2D eigenvalue weighted by Crippen LogP contribution is -2.39. The molecule has 4 rings (SSSR count). The van der Waals surface area contributed by atoms with E-state index < -0.39 is 5.91 Å². The van der Waals surface area contributed by atoms with E-state index in [4.69, 9.17) is 11.5 Å². The molecule has 0 spiro atoms. The van der Waals surface area contributed by atoms with Crippen molar-refractivity contribution in [2.24, 2.45) is 11.5 Å². The lowest BCUT2D eigenvalue weighted by Gasteiger charge is -2.30. The fraction of sp³-hybridized carbons (Fsp3) is 0.273. The maximum atomic E-state index is 13.3. The second kappa shape index (κ2) is 7.66. The zero-order valence-corrected chi connectivity index (χ0v) is 15.6. The molecule has 0 aliphatic carbocycles. The van der Waals surface area contributed by atoms with E-state index >= 15 is 0 Å². The zero-order valence-electron chi connectivity index (χ0n) is 15.6. The van der Waals surface area contributed by atoms with E-state index in [0.717, 1.165) is 54.6 Å². The van der Waals surface area contributed by atoms with Gasteiger partial charge in [0.25, 0.3) is 5.91 Å². The number of fused-ring (bicyclic) bond motifs is 1. The lowest BCUT2D eigenvalue weighted by atomic mass is 9.98. The number of nitrogens with two attached hydrogens (primary N) is 2. The van der Waals surface area contributed by atoms with Gasteiger partial charge in [-0.25, -0.2) is 9.37 Å². The van der Waals surface area contributed by atoms with E-state index in [1.54, 1.807) is 18.2 Å². The smallest absolute Gasteiger partial charge is 0.267 e. The van der Waals surface area contributed by atoms with Crippen molar-refractivity contribution in [3.05, 3.63) is 65.6 Å². The van der Waals surface area contributed by atoms with Crippen LogP contribution in [0.4, 0.5) is 4.39 Å². The van der Waals surface area contributed by atoms with Crippen molar-refractivity contribution in [1.29, 1.82) is 0 Å². The molecule has 1 aliphatic heterocycles. The summed E-state index contributed by atoms with van der Waals surface area (Å²) in [6.45, 7) is 2.78. The van der Waals surface area contributed by atoms with Crippen molar-refractivity contribution >= 4 is 16.8 Å². The number of carbonyl (C=O) groups excluding carboxylic acids is 1. The number of carbonyl (C=O) groups is 1. The van der Waals surface area contributed by atoms with Crippen molar-refractivity contribution in [2.45, 2.75) is 25.4 Å². The molecular formula is C22H23FN4O. The number of hydrogen-bond acceptors (Lipinski definition) is 4. The maximum Gasteiger partial charge on any atom is 0.267 e. The van der Waals surface area contributed by atoms with Gasteiger partial charge in [-0.2, -0.15) is 0 Å². The first-order valence-electron chi connectivity index (χ1n) is 9.47. The van der Waals surface area contributed by atoms with Crippen LogP contribution in [0.15, 0.2) is 48.5 Å². The summed E-state index contributed by atoms with van der Waals surface area (Å²) in [6.07, 6.45) is 2.01. The highest BCUT2D eigenvalue weighted by Crippen LogP contribution is 2.30. The van der Waals surface area contributed by atoms with Crippen molar-refractivity contribution in [2.75, 3.05) is 13.1 Å². The van der Waals surface area contributed by atoms with Gasteiger partial charge in [0.05, 0.1) is 5.52 Å². The molecule has 5 nitrogen and oxygen atoms in total. The zero-order chi connectivity index (χ0) is 19.7. The molecule has 1 saturated heterocycles. The highest BCUT2D eigenvalue weighted by atomic mass is 19.1. The normalized spacial score (nSPS) is 15.8. The van der Waals surface area contributed by atoms with E-state index in [-0.39, 0.29) is 11.5 Å². The summed E-state index contributed by atoms with van der Waals surface area (Å²) in [5, 5.41) is 0.904. The number of nitrogens with zero attached hydrogens (tertiary/aromatic N) is 2. The molecule has 2 aromatic carbocycles. The van der Waals surface area contributed by atoms with Gasteiger partial charge >= 0.3 is 0 Å². The molecule has 28 heavy (non-hydrogen) atoms. The molecule has 0 radical (unpaired) electrons. The van der Waals surface area contributed by atoms with E-state index in [1.807, 2.05) is 12.1 Å². The topological polar surface area (TPSA) is 85.2 Å². The molecule has 1 amide bonds. The second-order valence-corrected chi connectivity index (χ2v) is 7.39. The van der Waals surface area contributed by atoms with E-state index in [2.05, 4.69) is 16.0 Å². The van der Waals surface area contributed by atoms with Crippen molar-refractivity contribution in [3.8, 4) is 11.1 Å². The Kier molecular flexibility index (Phi) is 5.07. The third-order valence-corrected chi connectivity index (χ3v) is 5.32. The number of halogens is 1. The number of primary amides is 1. The summed E-state index contributed by atoms with van der Waals surface area (Å²) < 4.78 is 13.3. The molecule has 0 saturated carbocycles. The number of rotatable bonds is 4. The van der Waals surface area contributed by atoms with Gasteiger partial charge in [0, 0.05) is 18.0 Å². The largest absolute Gasteiger partial charge is 0.364 e. The van der Waals surface area contributed by atoms with Gasteiger partial charge in [-0.3, -0.25) is 9.69 Å². The van der Waals surface area contributed by atoms with E-state index in [0.29, 0.717) is 11.6 Å². The van der Waals surface area contributed by atoms with Crippen LogP contribution >= 0.6 is 0 Å². The van der Waals surface area contributed by atoms with Gasteiger partial charge in [0.15, 0.2) is 0 Å². The summed E-state index contributed by atoms with van der Waals surface area (Å²) in [4.78, 5) is 18.6. The molecule has 1 aromatic heterocycles. The average molecular weight is 378 g/mol. The molecule has 1 aliphatic rings. The molecule has 2 heterocycles. The molecule has 6 heteroatoms. The minimum atomic E-state index is -0.583. The van der Waals surface area contributed by atoms with Crippen molar-refractivity contribution in [1.82, 2.24) is 9.88 Å². The fourth-order valence-electron chi connectivity index (χ4n) is 3.74. The monoisotopic (exact) mass is 378 g/mol. The highest BCUT2D eigenvalue weighted by molar-refractivity contribution is 6.00. The molecule has 1 fully saturated rings. The first-order valence-corrected chi connectivity index (χ1v) is 9.47. The van der Waals surface area contributed by atoms with Crippen LogP contribution in [0.1, 0.15) is 28.9 Å². The number of aromatic nitrogens is 1. The Labute approximate surface area is 163 Å². The van der Waals surface area contributed by atoms with Gasteiger partial charge in [0.1, 0.15) is 11.5 Å². The van der Waals surface area contributed by atoms with Crippen LogP contribution in [0, 0.1) is 5.82 Å². The van der Waals surface area contributed by atoms with Gasteiger partial charge < -0.3 is 11.5 Å². The number of amides is 1. The molecule has 3 aromatic rings. The van der Waals surface area contributed by atoms with Crippen LogP contribution in [0.25, 0.3) is 22.0 Å². The number of pyridine rings is 1. The summed E-state index contributed by atoms with van der Waals surface area (Å²) in [6, 6.07) is 14.3. The SMILES string of the molecule is NC(=O)c1cc(-c2ccc(F)cc2)c2ccc(CN3CCC(N)CC3)cc2n1. The van der Waals surface area contributed by atoms with Crippen LogP contribution < -0.4 is 11.5 Å². The van der Waals surface area contributed by atoms with Crippen LogP contribution in [-0.4, -0.2) is 34.9 Å². The van der Waals surface area contributed by atoms with E-state index in [1.165, 1.54) is 12.1 Å². The minimum absolute atomic E-state index is 0.202. The first-order chi connectivity index (χ1) is 13.5. The Hall–Kier alpha value is -2.83. The molecule has 144 valence electrons. The van der Waals surface area contributed by atoms with Crippen molar-refractivity contribution < 1.29 is 9.18 Å². The Balaban J connectivity index is 1.73. The summed E-state index contributed by atoms with van der Waals surface area (Å²) >= 11 is 0. The number of likely N-dealkylation sites (tertiary alicyclic amines) is 1. The lowest BCUT2D eigenvalue weighted by molar-refractivity contribution is 0.0996. The van der Waals surface area contributed by atoms with Gasteiger partial charge in [-0.05, 0) is 66.9 Å². The molecule has 0 atom stereocenters. The molecule has 4 N–H and O–H groups in total. The second-order valence-electron chi connectivity index (χ2n) is 7.39. The molecule has 0 bridgehead atoms. The Morgan fingerprint density at radius 2 is 1.82 bits per heavy atom. The van der Waals surface area contributed by atoms with Gasteiger partial charge in [-0.15, -0.1) is 0 Å². The molecule has 0 unspecified atom stereocenters. The maximum absolute atomic E-state index is 13.3. The molecular weight excluding hydrogens is 355 g/mol. The predicted octanol–water partition coefficient (Wildman–Crippen LogP) is 3.06. The van der Waals surface area contributed by atoms with Gasteiger partial charge in [0.2, 0.25) is 0 Å². The number of hydrogen-bond donors (Lipinski definition) is 2. The quantitative estimate of drug-likeness (QED) is 0.731. The fourth-order valence-corrected chi connectivity index (χ4v) is 3.74. The van der Waals surface area contributed by atoms with Crippen LogP contribution in [-0.2, 0) is 6.54 Å². The minimum Gasteiger partial charge on any atom is -0.364 e. The van der Waals surface area contributed by atoms with Crippen LogP contribution in [0.3, 0.4) is 0 Å². The van der Waals surface area contributed by atoms with Crippen molar-refractivity contribution in [3.63, 3.8) is 0 Å². The standard InChI is InChI=1S/C22H23FN4O/c23-16-4-2-15(3-5-16)19-12-21(22(25)28)26-20-11-14(1-6-18(19)20)13-27-9-7-17(24)8-10-27/h1-6,11-12,17H,7-10,13,24H2,(H2,25,28). The average Bonchev–Trinajstić information content (AvgIpc) is 2.69. The third kappa shape index (κ3) is 3.88. The Bertz CT molecular complexity index is 1010. The third-order valence-electron chi connectivity index (χ3n) is 5.32. The summed E-state index contributed by atoms with van der Waals surface area (Å²) in [5.74, 6) is -0.888. The predicted molar refractivity (Wildman–Crippen MR) is 108 cm³/mol. The Morgan fingerprint density at radius 3 is 2.50 bits per heavy atom. The Morgan fingerprint density at radius 1 is 1.11 bits per heavy atom. The first kappa shape index (κ1) is 18.5. The van der Waals surface area contributed by atoms with Gasteiger partial charge in [-0.1, -0.05) is 24.3 Å². The summed E-state index contributed by atoms with van der Waals surface area (Å²) in [5.41, 5.74) is 15.1. The number of piperidine rings is 1. The summed E-state index contributed by atoms with van der Waals surface area (Å²) in [7, 11) is 0. The highest BCUT2D eigenvalue weighted by Gasteiger charge is 2.17. The van der Waals surface area contributed by atoms with E-state index in [9.17, 15) is 9.18 Å². The number of benzene rings is 2. The van der Waals surface area contributed by atoms with Crippen LogP contribution in [0.2, 0.25) is 0 Å².